The van der Waals surface area contributed by atoms with Gasteiger partial charge in [0.15, 0.2) is 0 Å². The van der Waals surface area contributed by atoms with Crippen molar-refractivity contribution in [2.75, 3.05) is 27.2 Å². The van der Waals surface area contributed by atoms with Crippen LogP contribution in [0.25, 0.3) is 6.08 Å². The highest BCUT2D eigenvalue weighted by molar-refractivity contribution is 5.91. The van der Waals surface area contributed by atoms with Crippen LogP contribution in [0.5, 0.6) is 5.75 Å². The van der Waals surface area contributed by atoms with E-state index in [2.05, 4.69) is 5.32 Å². The highest BCUT2D eigenvalue weighted by Gasteiger charge is 2.17. The maximum Gasteiger partial charge on any atom is 0.244 e. The van der Waals surface area contributed by atoms with Crippen LogP contribution in [0.3, 0.4) is 0 Å². The molecule has 5 nitrogen and oxygen atoms in total. The summed E-state index contributed by atoms with van der Waals surface area (Å²) in [7, 11) is 3.91. The first kappa shape index (κ1) is 17.8. The molecule has 0 aliphatic rings. The molecule has 128 valence electrons. The third-order valence-electron chi connectivity index (χ3n) is 3.58. The zero-order valence-electron chi connectivity index (χ0n) is 14.4. The fourth-order valence-electron chi connectivity index (χ4n) is 2.29. The Balaban J connectivity index is 1.87. The predicted octanol–water partition coefficient (Wildman–Crippen LogP) is 3.11. The summed E-state index contributed by atoms with van der Waals surface area (Å²) in [6.07, 6.45) is 4.95. The van der Waals surface area contributed by atoms with Crippen LogP contribution in [0.15, 0.2) is 53.2 Å². The number of carbonyl (C=O) groups excluding carboxylic acids is 1. The normalized spacial score (nSPS) is 12.5. The number of benzene rings is 1. The van der Waals surface area contributed by atoms with Crippen molar-refractivity contribution < 1.29 is 13.9 Å². The Bertz CT molecular complexity index is 646. The van der Waals surface area contributed by atoms with Crippen molar-refractivity contribution in [1.29, 1.82) is 0 Å². The molecule has 1 heterocycles. The monoisotopic (exact) mass is 328 g/mol. The molecule has 0 saturated heterocycles. The molecular weight excluding hydrogens is 304 g/mol. The third-order valence-corrected chi connectivity index (χ3v) is 3.58. The van der Waals surface area contributed by atoms with Gasteiger partial charge in [0.05, 0.1) is 18.9 Å². The number of hydrogen-bond donors (Lipinski definition) is 1. The molecule has 2 rings (SSSR count). The van der Waals surface area contributed by atoms with E-state index in [1.165, 1.54) is 6.08 Å². The van der Waals surface area contributed by atoms with E-state index in [1.54, 1.807) is 12.3 Å². The SMILES string of the molecule is CCOc1ccc(/C=C/C(=O)NCC(c2ccco2)N(C)C)cc1. The second-order valence-electron chi connectivity index (χ2n) is 5.58. The van der Waals surface area contributed by atoms with E-state index < -0.39 is 0 Å². The Kier molecular flexibility index (Phi) is 6.63. The summed E-state index contributed by atoms with van der Waals surface area (Å²) in [5, 5.41) is 2.90. The molecule has 0 aliphatic carbocycles. The van der Waals surface area contributed by atoms with Gasteiger partial charge in [0.2, 0.25) is 5.91 Å². The van der Waals surface area contributed by atoms with Gasteiger partial charge in [-0.2, -0.15) is 0 Å². The molecule has 2 aromatic rings. The van der Waals surface area contributed by atoms with Gasteiger partial charge in [-0.3, -0.25) is 9.69 Å². The van der Waals surface area contributed by atoms with Gasteiger partial charge < -0.3 is 14.5 Å². The minimum atomic E-state index is -0.137. The summed E-state index contributed by atoms with van der Waals surface area (Å²) in [6.45, 7) is 3.06. The predicted molar refractivity (Wildman–Crippen MR) is 94.8 cm³/mol. The van der Waals surface area contributed by atoms with Crippen LogP contribution in [0, 0.1) is 0 Å². The van der Waals surface area contributed by atoms with Gasteiger partial charge in [0.1, 0.15) is 11.5 Å². The van der Waals surface area contributed by atoms with Gasteiger partial charge in [-0.25, -0.2) is 0 Å². The van der Waals surface area contributed by atoms with Crippen molar-refractivity contribution in [2.24, 2.45) is 0 Å². The van der Waals surface area contributed by atoms with Crippen molar-refractivity contribution in [2.45, 2.75) is 13.0 Å². The zero-order chi connectivity index (χ0) is 17.4. The number of nitrogens with zero attached hydrogens (tertiary/aromatic N) is 1. The minimum absolute atomic E-state index is 0.00262. The highest BCUT2D eigenvalue weighted by atomic mass is 16.5. The lowest BCUT2D eigenvalue weighted by Gasteiger charge is -2.22. The van der Waals surface area contributed by atoms with Crippen molar-refractivity contribution in [3.05, 3.63) is 60.1 Å². The Morgan fingerprint density at radius 1 is 1.29 bits per heavy atom. The standard InChI is InChI=1S/C19H24N2O3/c1-4-23-16-10-7-15(8-11-16)9-12-19(22)20-14-17(21(2)3)18-6-5-13-24-18/h5-13,17H,4,14H2,1-3H3,(H,20,22)/b12-9+. The number of nitrogens with one attached hydrogen (secondary N) is 1. The molecule has 0 radical (unpaired) electrons. The van der Waals surface area contributed by atoms with Gasteiger partial charge >= 0.3 is 0 Å². The number of ether oxygens (including phenoxy) is 1. The number of carbonyl (C=O) groups is 1. The number of rotatable bonds is 8. The topological polar surface area (TPSA) is 54.7 Å². The zero-order valence-corrected chi connectivity index (χ0v) is 14.4. The lowest BCUT2D eigenvalue weighted by Crippen LogP contribution is -2.33. The Labute approximate surface area is 142 Å². The summed E-state index contributed by atoms with van der Waals surface area (Å²) < 4.78 is 10.8. The molecular formula is C19H24N2O3. The molecule has 5 heteroatoms. The minimum Gasteiger partial charge on any atom is -0.494 e. The molecule has 1 aromatic carbocycles. The van der Waals surface area contributed by atoms with Crippen molar-refractivity contribution >= 4 is 12.0 Å². The second kappa shape index (κ2) is 8.93. The smallest absolute Gasteiger partial charge is 0.244 e. The van der Waals surface area contributed by atoms with E-state index in [4.69, 9.17) is 9.15 Å². The first-order valence-corrected chi connectivity index (χ1v) is 7.98. The average molecular weight is 328 g/mol. The van der Waals surface area contributed by atoms with E-state index in [1.807, 2.05) is 62.3 Å². The molecule has 1 N–H and O–H groups in total. The van der Waals surface area contributed by atoms with Crippen molar-refractivity contribution in [3.63, 3.8) is 0 Å². The van der Waals surface area contributed by atoms with Crippen LogP contribution in [-0.4, -0.2) is 38.1 Å². The van der Waals surface area contributed by atoms with Crippen LogP contribution < -0.4 is 10.1 Å². The fourth-order valence-corrected chi connectivity index (χ4v) is 2.29. The maximum absolute atomic E-state index is 12.0. The Hall–Kier alpha value is -2.53. The van der Waals surface area contributed by atoms with E-state index in [9.17, 15) is 4.79 Å². The number of furan rings is 1. The molecule has 1 aromatic heterocycles. The van der Waals surface area contributed by atoms with Gasteiger partial charge in [-0.15, -0.1) is 0 Å². The van der Waals surface area contributed by atoms with Crippen LogP contribution in [0.2, 0.25) is 0 Å². The summed E-state index contributed by atoms with van der Waals surface area (Å²) in [4.78, 5) is 14.0. The highest BCUT2D eigenvalue weighted by Crippen LogP contribution is 2.17. The number of amides is 1. The molecule has 0 spiro atoms. The first-order valence-electron chi connectivity index (χ1n) is 7.98. The van der Waals surface area contributed by atoms with Crippen molar-refractivity contribution in [3.8, 4) is 5.75 Å². The molecule has 0 saturated carbocycles. The maximum atomic E-state index is 12.0. The molecule has 0 fully saturated rings. The Morgan fingerprint density at radius 3 is 2.62 bits per heavy atom. The lowest BCUT2D eigenvalue weighted by molar-refractivity contribution is -0.116. The number of likely N-dealkylation sites (N-methyl/N-ethyl adjacent to an activating group) is 1. The number of hydrogen-bond acceptors (Lipinski definition) is 4. The lowest BCUT2D eigenvalue weighted by atomic mass is 10.2. The summed E-state index contributed by atoms with van der Waals surface area (Å²) in [5.41, 5.74) is 0.948. The van der Waals surface area contributed by atoms with E-state index in [0.29, 0.717) is 13.2 Å². The quantitative estimate of drug-likeness (QED) is 0.757. The summed E-state index contributed by atoms with van der Waals surface area (Å²) >= 11 is 0. The van der Waals surface area contributed by atoms with Crippen LogP contribution >= 0.6 is 0 Å². The third kappa shape index (κ3) is 5.28. The van der Waals surface area contributed by atoms with Crippen molar-refractivity contribution in [1.82, 2.24) is 10.2 Å². The van der Waals surface area contributed by atoms with Crippen LogP contribution in [0.1, 0.15) is 24.3 Å². The Morgan fingerprint density at radius 2 is 2.04 bits per heavy atom. The van der Waals surface area contributed by atoms with Gasteiger partial charge in [0.25, 0.3) is 0 Å². The van der Waals surface area contributed by atoms with E-state index in [0.717, 1.165) is 17.1 Å². The van der Waals surface area contributed by atoms with Gasteiger partial charge in [-0.1, -0.05) is 12.1 Å². The molecule has 1 atom stereocenters. The molecule has 0 aliphatic heterocycles. The molecule has 1 amide bonds. The van der Waals surface area contributed by atoms with E-state index >= 15 is 0 Å². The van der Waals surface area contributed by atoms with Crippen LogP contribution in [-0.2, 0) is 4.79 Å². The summed E-state index contributed by atoms with van der Waals surface area (Å²) in [6, 6.07) is 11.4. The average Bonchev–Trinajstić information content (AvgIpc) is 3.08. The first-order chi connectivity index (χ1) is 11.6. The van der Waals surface area contributed by atoms with Crippen LogP contribution in [0.4, 0.5) is 0 Å². The molecule has 1 unspecified atom stereocenters. The second-order valence-corrected chi connectivity index (χ2v) is 5.58. The van der Waals surface area contributed by atoms with E-state index in [-0.39, 0.29) is 11.9 Å². The fraction of sp³-hybridized carbons (Fsp3) is 0.316. The molecule has 0 bridgehead atoms. The largest absolute Gasteiger partial charge is 0.494 e. The molecule has 24 heavy (non-hydrogen) atoms. The summed E-state index contributed by atoms with van der Waals surface area (Å²) in [5.74, 6) is 1.52. The van der Waals surface area contributed by atoms with Gasteiger partial charge in [0, 0.05) is 12.6 Å². The van der Waals surface area contributed by atoms with Gasteiger partial charge in [-0.05, 0) is 56.9 Å².